The van der Waals surface area contributed by atoms with Gasteiger partial charge in [-0.1, -0.05) is 60.7 Å². The summed E-state index contributed by atoms with van der Waals surface area (Å²) in [6.45, 7) is 1.40. The summed E-state index contributed by atoms with van der Waals surface area (Å²) in [6.07, 6.45) is 1.39. The first kappa shape index (κ1) is 25.0. The fourth-order valence-electron chi connectivity index (χ4n) is 4.30. The third-order valence-electron chi connectivity index (χ3n) is 5.95. The molecule has 0 saturated carbocycles. The first-order valence-electron chi connectivity index (χ1n) is 11.9. The maximum absolute atomic E-state index is 13.9. The van der Waals surface area contributed by atoms with Gasteiger partial charge in [-0.2, -0.15) is 0 Å². The molecule has 1 atom stereocenters. The van der Waals surface area contributed by atoms with Crippen molar-refractivity contribution >= 4 is 39.1 Å². The highest BCUT2D eigenvalue weighted by Gasteiger charge is 2.50. The van der Waals surface area contributed by atoms with Crippen LogP contribution in [-0.4, -0.2) is 20.2 Å². The van der Waals surface area contributed by atoms with Crippen molar-refractivity contribution in [3.63, 3.8) is 0 Å². The third-order valence-corrected chi connectivity index (χ3v) is 7.93. The summed E-state index contributed by atoms with van der Waals surface area (Å²) in [4.78, 5) is 26.1. The van der Waals surface area contributed by atoms with Gasteiger partial charge in [-0.15, -0.1) is 0 Å². The number of nitrogens with one attached hydrogen (secondary N) is 1. The molecule has 1 heterocycles. The van der Waals surface area contributed by atoms with Crippen LogP contribution in [0, 0.1) is 0 Å². The molecule has 7 nitrogen and oxygen atoms in total. The topological polar surface area (TPSA) is 92.8 Å². The van der Waals surface area contributed by atoms with Gasteiger partial charge in [0, 0.05) is 18.3 Å². The number of carbonyl (C=O) groups excluding carboxylic acids is 2. The van der Waals surface area contributed by atoms with E-state index in [0.29, 0.717) is 34.0 Å². The van der Waals surface area contributed by atoms with Gasteiger partial charge in [0.2, 0.25) is 15.7 Å². The highest BCUT2D eigenvalue weighted by atomic mass is 32.2. The largest absolute Gasteiger partial charge is 0.457 e. The standard InChI is InChI=1S/C30H24N2O5S/c1-21(33)31-24-15-17-25(18-16-24)32-29(34)28(38(35,36)30(32)23-10-4-2-5-11-23)20-22-9-8-14-27(19-22)37-26-12-6-3-7-13-26/h2-20,30H,1H3,(H,31,33)/b28-20-. The fraction of sp³-hybridized carbons (Fsp3) is 0.0667. The molecule has 190 valence electrons. The molecule has 4 aromatic rings. The molecule has 5 rings (SSSR count). The van der Waals surface area contributed by atoms with Gasteiger partial charge < -0.3 is 10.1 Å². The van der Waals surface area contributed by atoms with Crippen LogP contribution in [0.2, 0.25) is 0 Å². The van der Waals surface area contributed by atoms with E-state index in [-0.39, 0.29) is 10.8 Å². The number of benzene rings is 4. The molecule has 1 fully saturated rings. The van der Waals surface area contributed by atoms with Crippen LogP contribution in [0.15, 0.2) is 114 Å². The predicted octanol–water partition coefficient (Wildman–Crippen LogP) is 5.94. The molecule has 38 heavy (non-hydrogen) atoms. The minimum Gasteiger partial charge on any atom is -0.457 e. The second-order valence-electron chi connectivity index (χ2n) is 8.71. The van der Waals surface area contributed by atoms with E-state index in [2.05, 4.69) is 5.32 Å². The number of hydrogen-bond acceptors (Lipinski definition) is 5. The molecular formula is C30H24N2O5S. The number of rotatable bonds is 6. The molecule has 1 unspecified atom stereocenters. The van der Waals surface area contributed by atoms with Gasteiger partial charge in [0.25, 0.3) is 5.91 Å². The number of nitrogens with zero attached hydrogens (tertiary/aromatic N) is 1. The van der Waals surface area contributed by atoms with Crippen LogP contribution in [-0.2, 0) is 19.4 Å². The smallest absolute Gasteiger partial charge is 0.271 e. The monoisotopic (exact) mass is 524 g/mol. The highest BCUT2D eigenvalue weighted by molar-refractivity contribution is 7.97. The zero-order chi connectivity index (χ0) is 26.7. The molecule has 4 aromatic carbocycles. The SMILES string of the molecule is CC(=O)Nc1ccc(N2C(=O)/C(=C/c3cccc(Oc4ccccc4)c3)S(=O)(=O)C2c2ccccc2)cc1. The van der Waals surface area contributed by atoms with Crippen molar-refractivity contribution in [1.82, 2.24) is 0 Å². The van der Waals surface area contributed by atoms with Gasteiger partial charge in [0.1, 0.15) is 16.4 Å². The van der Waals surface area contributed by atoms with Crippen molar-refractivity contribution in [2.24, 2.45) is 0 Å². The molecule has 1 saturated heterocycles. The summed E-state index contributed by atoms with van der Waals surface area (Å²) in [5.74, 6) is 0.280. The number of anilines is 2. The van der Waals surface area contributed by atoms with Crippen LogP contribution in [0.5, 0.6) is 11.5 Å². The molecule has 8 heteroatoms. The van der Waals surface area contributed by atoms with E-state index in [0.717, 1.165) is 0 Å². The van der Waals surface area contributed by atoms with Gasteiger partial charge in [0.05, 0.1) is 0 Å². The zero-order valence-electron chi connectivity index (χ0n) is 20.4. The van der Waals surface area contributed by atoms with Crippen LogP contribution >= 0.6 is 0 Å². The van der Waals surface area contributed by atoms with E-state index in [1.165, 1.54) is 17.9 Å². The number of hydrogen-bond donors (Lipinski definition) is 1. The van der Waals surface area contributed by atoms with Crippen LogP contribution < -0.4 is 15.0 Å². The summed E-state index contributed by atoms with van der Waals surface area (Å²) in [6, 6.07) is 31.2. The average Bonchev–Trinajstić information content (AvgIpc) is 3.10. The molecule has 1 N–H and O–H groups in total. The molecule has 0 aliphatic carbocycles. The van der Waals surface area contributed by atoms with E-state index in [1.54, 1.807) is 78.9 Å². The number of sulfone groups is 1. The van der Waals surface area contributed by atoms with Crippen molar-refractivity contribution in [2.45, 2.75) is 12.3 Å². The summed E-state index contributed by atoms with van der Waals surface area (Å²) in [7, 11) is -4.10. The van der Waals surface area contributed by atoms with Crippen LogP contribution in [0.25, 0.3) is 6.08 Å². The molecule has 0 bridgehead atoms. The van der Waals surface area contributed by atoms with E-state index in [4.69, 9.17) is 4.74 Å². The second kappa shape index (κ2) is 10.4. The molecule has 1 aliphatic rings. The lowest BCUT2D eigenvalue weighted by molar-refractivity contribution is -0.115. The minimum atomic E-state index is -4.10. The van der Waals surface area contributed by atoms with Gasteiger partial charge in [-0.25, -0.2) is 8.42 Å². The quantitative estimate of drug-likeness (QED) is 0.315. The second-order valence-corrected chi connectivity index (χ2v) is 10.7. The number of para-hydroxylation sites is 1. The summed E-state index contributed by atoms with van der Waals surface area (Å²) < 4.78 is 33.6. The zero-order valence-corrected chi connectivity index (χ0v) is 21.3. The Bertz CT molecular complexity index is 1620. The molecule has 0 spiro atoms. The van der Waals surface area contributed by atoms with Crippen molar-refractivity contribution < 1.29 is 22.7 Å². The maximum atomic E-state index is 13.9. The average molecular weight is 525 g/mol. The molecule has 1 aliphatic heterocycles. The molecule has 0 aromatic heterocycles. The number of ether oxygens (including phenoxy) is 1. The molecule has 2 amide bonds. The lowest BCUT2D eigenvalue weighted by Gasteiger charge is -2.23. The highest BCUT2D eigenvalue weighted by Crippen LogP contribution is 2.43. The Kier molecular flexibility index (Phi) is 6.81. The summed E-state index contributed by atoms with van der Waals surface area (Å²) in [5.41, 5.74) is 1.92. The van der Waals surface area contributed by atoms with Gasteiger partial charge in [0.15, 0.2) is 5.37 Å². The Morgan fingerprint density at radius 1 is 0.842 bits per heavy atom. The summed E-state index contributed by atoms with van der Waals surface area (Å²) >= 11 is 0. The van der Waals surface area contributed by atoms with Crippen LogP contribution in [0.3, 0.4) is 0 Å². The van der Waals surface area contributed by atoms with E-state index in [9.17, 15) is 18.0 Å². The Morgan fingerprint density at radius 3 is 2.13 bits per heavy atom. The Labute approximate surface area is 220 Å². The van der Waals surface area contributed by atoms with E-state index >= 15 is 0 Å². The minimum absolute atomic E-state index is 0.233. The van der Waals surface area contributed by atoms with Gasteiger partial charge in [-0.05, 0) is 65.7 Å². The molecule has 0 radical (unpaired) electrons. The van der Waals surface area contributed by atoms with Crippen LogP contribution in [0.4, 0.5) is 11.4 Å². The number of amides is 2. The normalized spacial score (nSPS) is 17.4. The Morgan fingerprint density at radius 2 is 1.47 bits per heavy atom. The lowest BCUT2D eigenvalue weighted by atomic mass is 10.1. The van der Waals surface area contributed by atoms with Crippen molar-refractivity contribution in [3.8, 4) is 11.5 Å². The molecular weight excluding hydrogens is 500 g/mol. The van der Waals surface area contributed by atoms with Gasteiger partial charge >= 0.3 is 0 Å². The van der Waals surface area contributed by atoms with E-state index in [1.807, 2.05) is 30.3 Å². The van der Waals surface area contributed by atoms with E-state index < -0.39 is 21.1 Å². The maximum Gasteiger partial charge on any atom is 0.271 e. The van der Waals surface area contributed by atoms with Gasteiger partial charge in [-0.3, -0.25) is 14.5 Å². The Hall–Kier alpha value is -4.69. The summed E-state index contributed by atoms with van der Waals surface area (Å²) in [5, 5.41) is 1.43. The third kappa shape index (κ3) is 5.07. The van der Waals surface area contributed by atoms with Crippen molar-refractivity contribution in [1.29, 1.82) is 0 Å². The lowest BCUT2D eigenvalue weighted by Crippen LogP contribution is -2.28. The fourth-order valence-corrected chi connectivity index (χ4v) is 6.19. The van der Waals surface area contributed by atoms with Crippen molar-refractivity contribution in [2.75, 3.05) is 10.2 Å². The first-order valence-corrected chi connectivity index (χ1v) is 13.4. The predicted molar refractivity (Wildman–Crippen MR) is 147 cm³/mol. The Balaban J connectivity index is 1.56. The number of carbonyl (C=O) groups is 2. The van der Waals surface area contributed by atoms with Crippen molar-refractivity contribution in [3.05, 3.63) is 125 Å². The van der Waals surface area contributed by atoms with Crippen LogP contribution in [0.1, 0.15) is 23.4 Å². The first-order chi connectivity index (χ1) is 18.3.